The summed E-state index contributed by atoms with van der Waals surface area (Å²) in [5.74, 6) is 0.645. The van der Waals surface area contributed by atoms with E-state index >= 15 is 0 Å². The van der Waals surface area contributed by atoms with Crippen molar-refractivity contribution in [1.29, 1.82) is 0 Å². The molecule has 0 heterocycles. The van der Waals surface area contributed by atoms with Crippen LogP contribution in [0.15, 0.2) is 42.5 Å². The van der Waals surface area contributed by atoms with Crippen molar-refractivity contribution < 1.29 is 14.3 Å². The number of anilines is 1. The predicted molar refractivity (Wildman–Crippen MR) is 123 cm³/mol. The number of amides is 1. The van der Waals surface area contributed by atoms with Crippen molar-refractivity contribution in [2.75, 3.05) is 19.0 Å². The van der Waals surface area contributed by atoms with Crippen LogP contribution in [0.2, 0.25) is 5.02 Å². The van der Waals surface area contributed by atoms with Gasteiger partial charge < -0.3 is 14.8 Å². The molecule has 1 fully saturated rings. The fourth-order valence-electron chi connectivity index (χ4n) is 3.95. The predicted octanol–water partition coefficient (Wildman–Crippen LogP) is 6.29. The number of nitrogens with one attached hydrogen (secondary N) is 1. The zero-order chi connectivity index (χ0) is 21.8. The van der Waals surface area contributed by atoms with Crippen LogP contribution in [0.3, 0.4) is 0 Å². The molecule has 0 bridgehead atoms. The van der Waals surface area contributed by atoms with E-state index in [9.17, 15) is 4.79 Å². The van der Waals surface area contributed by atoms with E-state index in [2.05, 4.69) is 36.5 Å². The molecule has 30 heavy (non-hydrogen) atoms. The lowest BCUT2D eigenvalue weighted by atomic mass is 9.77. The smallest absolute Gasteiger partial charge is 0.235 e. The molecule has 1 N–H and O–H groups in total. The summed E-state index contributed by atoms with van der Waals surface area (Å²) in [7, 11) is 1.69. The van der Waals surface area contributed by atoms with Gasteiger partial charge in [-0.15, -0.1) is 0 Å². The zero-order valence-corrected chi connectivity index (χ0v) is 19.1. The number of carbonyl (C=O) groups is 1. The molecule has 5 heteroatoms. The Morgan fingerprint density at radius 1 is 1.13 bits per heavy atom. The highest BCUT2D eigenvalue weighted by molar-refractivity contribution is 6.32. The van der Waals surface area contributed by atoms with Crippen LogP contribution in [0.5, 0.6) is 5.75 Å². The molecule has 0 aromatic heterocycles. The molecule has 0 spiro atoms. The summed E-state index contributed by atoms with van der Waals surface area (Å²) in [6.45, 7) is 6.60. The molecule has 1 saturated carbocycles. The number of halogens is 1. The maximum atomic E-state index is 13.3. The average molecular weight is 430 g/mol. The maximum Gasteiger partial charge on any atom is 0.235 e. The quantitative estimate of drug-likeness (QED) is 0.536. The third kappa shape index (κ3) is 5.16. The number of hydrogen-bond donors (Lipinski definition) is 1. The van der Waals surface area contributed by atoms with Crippen LogP contribution >= 0.6 is 11.6 Å². The highest BCUT2D eigenvalue weighted by Gasteiger charge is 2.42. The van der Waals surface area contributed by atoms with Crippen molar-refractivity contribution in [3.05, 3.63) is 58.6 Å². The van der Waals surface area contributed by atoms with Crippen molar-refractivity contribution in [3.8, 4) is 5.75 Å². The lowest BCUT2D eigenvalue weighted by Crippen LogP contribution is -2.38. The Labute approximate surface area is 184 Å². The molecule has 1 aliphatic rings. The van der Waals surface area contributed by atoms with Crippen LogP contribution in [0.4, 0.5) is 5.69 Å². The van der Waals surface area contributed by atoms with Crippen molar-refractivity contribution in [3.63, 3.8) is 0 Å². The SMILES string of the molecule is COC(C)(C)CCOc1ccc(NC(=O)C2(c3ccc(C)cc3)CCCC2)cc1Cl. The van der Waals surface area contributed by atoms with Gasteiger partial charge in [-0.2, -0.15) is 0 Å². The molecule has 3 rings (SSSR count). The molecule has 2 aromatic rings. The zero-order valence-electron chi connectivity index (χ0n) is 18.4. The lowest BCUT2D eigenvalue weighted by molar-refractivity contribution is -0.121. The van der Waals surface area contributed by atoms with Gasteiger partial charge in [-0.05, 0) is 57.4 Å². The van der Waals surface area contributed by atoms with Crippen LogP contribution in [-0.2, 0) is 14.9 Å². The monoisotopic (exact) mass is 429 g/mol. The van der Waals surface area contributed by atoms with E-state index in [0.29, 0.717) is 23.1 Å². The number of carbonyl (C=O) groups excluding carboxylic acids is 1. The highest BCUT2D eigenvalue weighted by atomic mass is 35.5. The van der Waals surface area contributed by atoms with E-state index in [0.717, 1.165) is 37.7 Å². The molecule has 0 radical (unpaired) electrons. The normalized spacial score (nSPS) is 15.8. The van der Waals surface area contributed by atoms with Gasteiger partial charge >= 0.3 is 0 Å². The Kier molecular flexibility index (Phi) is 7.10. The first-order chi connectivity index (χ1) is 14.3. The second-order valence-electron chi connectivity index (χ2n) is 8.82. The van der Waals surface area contributed by atoms with Crippen LogP contribution in [0.1, 0.15) is 57.1 Å². The van der Waals surface area contributed by atoms with Gasteiger partial charge in [0.25, 0.3) is 0 Å². The molecule has 1 amide bonds. The second-order valence-corrected chi connectivity index (χ2v) is 9.22. The summed E-state index contributed by atoms with van der Waals surface area (Å²) in [5, 5.41) is 3.58. The summed E-state index contributed by atoms with van der Waals surface area (Å²) < 4.78 is 11.2. The van der Waals surface area contributed by atoms with Gasteiger partial charge in [0.1, 0.15) is 5.75 Å². The van der Waals surface area contributed by atoms with Gasteiger partial charge in [0.05, 0.1) is 22.6 Å². The van der Waals surface area contributed by atoms with Crippen LogP contribution in [-0.4, -0.2) is 25.2 Å². The number of benzene rings is 2. The van der Waals surface area contributed by atoms with Crippen molar-refractivity contribution >= 4 is 23.2 Å². The molecule has 0 saturated heterocycles. The highest BCUT2D eigenvalue weighted by Crippen LogP contribution is 2.42. The fraction of sp³-hybridized carbons (Fsp3) is 0.480. The third-order valence-corrected chi connectivity index (χ3v) is 6.50. The minimum absolute atomic E-state index is 0.0374. The molecule has 1 aliphatic carbocycles. The summed E-state index contributed by atoms with van der Waals surface area (Å²) in [5.41, 5.74) is 2.26. The largest absolute Gasteiger partial charge is 0.492 e. The topological polar surface area (TPSA) is 47.6 Å². The standard InChI is InChI=1S/C25H32ClNO3/c1-18-7-9-19(10-8-18)25(13-5-6-14-25)23(28)27-20-11-12-22(21(26)17-20)30-16-15-24(2,3)29-4/h7-12,17H,5-6,13-16H2,1-4H3,(H,27,28). The van der Waals surface area contributed by atoms with Crippen molar-refractivity contribution in [2.24, 2.45) is 0 Å². The van der Waals surface area contributed by atoms with E-state index in [1.165, 1.54) is 5.56 Å². The number of ether oxygens (including phenoxy) is 2. The second kappa shape index (κ2) is 9.40. The Morgan fingerprint density at radius 2 is 1.80 bits per heavy atom. The molecule has 0 unspecified atom stereocenters. The van der Waals surface area contributed by atoms with Gasteiger partial charge in [0, 0.05) is 19.2 Å². The van der Waals surface area contributed by atoms with E-state index in [1.54, 1.807) is 13.2 Å². The van der Waals surface area contributed by atoms with Gasteiger partial charge in [0.15, 0.2) is 0 Å². The van der Waals surface area contributed by atoms with E-state index < -0.39 is 5.41 Å². The summed E-state index contributed by atoms with van der Waals surface area (Å²) in [6.07, 6.45) is 4.61. The first-order valence-corrected chi connectivity index (χ1v) is 11.0. The van der Waals surface area contributed by atoms with E-state index in [4.69, 9.17) is 21.1 Å². The molecule has 2 aromatic carbocycles. The van der Waals surface area contributed by atoms with Crippen molar-refractivity contribution in [1.82, 2.24) is 0 Å². The van der Waals surface area contributed by atoms with Gasteiger partial charge in [-0.25, -0.2) is 0 Å². The molecule has 162 valence electrons. The van der Waals surface area contributed by atoms with Crippen molar-refractivity contribution in [2.45, 2.75) is 63.9 Å². The minimum Gasteiger partial charge on any atom is -0.492 e. The number of aryl methyl sites for hydroxylation is 1. The number of hydrogen-bond acceptors (Lipinski definition) is 3. The van der Waals surface area contributed by atoms with Crippen LogP contribution < -0.4 is 10.1 Å². The Bertz CT molecular complexity index is 870. The molecule has 4 nitrogen and oxygen atoms in total. The molecule has 0 atom stereocenters. The minimum atomic E-state index is -0.471. The summed E-state index contributed by atoms with van der Waals surface area (Å²) >= 11 is 6.42. The fourth-order valence-corrected chi connectivity index (χ4v) is 4.19. The summed E-state index contributed by atoms with van der Waals surface area (Å²) in [4.78, 5) is 13.3. The first-order valence-electron chi connectivity index (χ1n) is 10.6. The van der Waals surface area contributed by atoms with Gasteiger partial charge in [-0.1, -0.05) is 54.3 Å². The Morgan fingerprint density at radius 3 is 2.40 bits per heavy atom. The van der Waals surface area contributed by atoms with Gasteiger partial charge in [0.2, 0.25) is 5.91 Å². The van der Waals surface area contributed by atoms with E-state index in [1.807, 2.05) is 26.0 Å². The first kappa shape index (κ1) is 22.6. The number of rotatable bonds is 8. The third-order valence-electron chi connectivity index (χ3n) is 6.20. The average Bonchev–Trinajstić information content (AvgIpc) is 3.21. The van der Waals surface area contributed by atoms with E-state index in [-0.39, 0.29) is 11.5 Å². The molecular formula is C25H32ClNO3. The van der Waals surface area contributed by atoms with Gasteiger partial charge in [-0.3, -0.25) is 4.79 Å². The molecule has 0 aliphatic heterocycles. The Balaban J connectivity index is 1.70. The Hall–Kier alpha value is -2.04. The molecular weight excluding hydrogens is 398 g/mol. The van der Waals surface area contributed by atoms with Crippen LogP contribution in [0, 0.1) is 6.92 Å². The number of methoxy groups -OCH3 is 1. The lowest BCUT2D eigenvalue weighted by Gasteiger charge is -2.28. The maximum absolute atomic E-state index is 13.3. The summed E-state index contributed by atoms with van der Waals surface area (Å²) in [6, 6.07) is 13.8. The van der Waals surface area contributed by atoms with Crippen LogP contribution in [0.25, 0.3) is 0 Å².